The number of benzene rings is 1. The van der Waals surface area contributed by atoms with Crippen molar-refractivity contribution < 1.29 is 0 Å². The molecular formula is C19H31Br2N. The molecule has 1 aliphatic rings. The molecule has 1 heterocycles. The lowest BCUT2D eigenvalue weighted by molar-refractivity contribution is 0.0924. The van der Waals surface area contributed by atoms with E-state index in [2.05, 4.69) is 81.9 Å². The maximum atomic E-state index is 3.99. The van der Waals surface area contributed by atoms with Gasteiger partial charge in [0.25, 0.3) is 0 Å². The SMILES string of the molecule is CC.CCCC1(CC)c2ccc(Br)cc2C(CC)(CC)N1Br. The fraction of sp³-hybridized carbons (Fsp3) is 0.684. The average Bonchev–Trinajstić information content (AvgIpc) is 2.75. The summed E-state index contributed by atoms with van der Waals surface area (Å²) in [7, 11) is 0. The van der Waals surface area contributed by atoms with E-state index in [1.165, 1.54) is 28.4 Å². The van der Waals surface area contributed by atoms with Crippen molar-refractivity contribution in [1.82, 2.24) is 3.93 Å². The number of halogens is 2. The van der Waals surface area contributed by atoms with Crippen LogP contribution in [0.1, 0.15) is 84.8 Å². The second-order valence-corrected chi connectivity index (χ2v) is 7.47. The minimum atomic E-state index is 0.115. The number of rotatable bonds is 5. The fourth-order valence-electron chi connectivity index (χ4n) is 3.99. The smallest absolute Gasteiger partial charge is 0.0575 e. The molecule has 1 aromatic rings. The molecule has 0 fully saturated rings. The Balaban J connectivity index is 0.00000116. The molecule has 2 rings (SSSR count). The van der Waals surface area contributed by atoms with Gasteiger partial charge in [-0.25, -0.2) is 3.93 Å². The first-order valence-electron chi connectivity index (χ1n) is 8.79. The Bertz CT molecular complexity index is 482. The first kappa shape index (κ1) is 20.2. The van der Waals surface area contributed by atoms with Crippen molar-refractivity contribution in [2.24, 2.45) is 0 Å². The van der Waals surface area contributed by atoms with Crippen LogP contribution < -0.4 is 0 Å². The summed E-state index contributed by atoms with van der Waals surface area (Å²) < 4.78 is 3.69. The van der Waals surface area contributed by atoms with E-state index in [-0.39, 0.29) is 11.1 Å². The van der Waals surface area contributed by atoms with Crippen LogP contribution in [0.5, 0.6) is 0 Å². The molecule has 1 nitrogen and oxygen atoms in total. The van der Waals surface area contributed by atoms with E-state index in [9.17, 15) is 0 Å². The van der Waals surface area contributed by atoms with Gasteiger partial charge in [-0.1, -0.05) is 70.0 Å². The van der Waals surface area contributed by atoms with Crippen LogP contribution in [0.15, 0.2) is 22.7 Å². The van der Waals surface area contributed by atoms with Gasteiger partial charge in [0.05, 0.1) is 11.1 Å². The Labute approximate surface area is 154 Å². The highest BCUT2D eigenvalue weighted by atomic mass is 79.9. The largest absolute Gasteiger partial charge is 0.221 e. The van der Waals surface area contributed by atoms with Crippen LogP contribution in [-0.4, -0.2) is 3.93 Å². The molecule has 1 unspecified atom stereocenters. The van der Waals surface area contributed by atoms with Gasteiger partial charge in [-0.15, -0.1) is 0 Å². The van der Waals surface area contributed by atoms with Crippen molar-refractivity contribution in [3.05, 3.63) is 33.8 Å². The van der Waals surface area contributed by atoms with Crippen LogP contribution in [-0.2, 0) is 11.1 Å². The first-order valence-corrected chi connectivity index (χ1v) is 10.3. The normalized spacial score (nSPS) is 22.9. The molecule has 0 radical (unpaired) electrons. The van der Waals surface area contributed by atoms with E-state index in [1.807, 2.05) is 13.8 Å². The fourth-order valence-corrected chi connectivity index (χ4v) is 5.66. The Morgan fingerprint density at radius 3 is 1.91 bits per heavy atom. The number of hydrogen-bond acceptors (Lipinski definition) is 1. The summed E-state index contributed by atoms with van der Waals surface area (Å²) >= 11 is 7.65. The molecule has 22 heavy (non-hydrogen) atoms. The van der Waals surface area contributed by atoms with Crippen LogP contribution in [0.2, 0.25) is 0 Å². The van der Waals surface area contributed by atoms with E-state index in [1.54, 1.807) is 0 Å². The van der Waals surface area contributed by atoms with E-state index in [4.69, 9.17) is 0 Å². The number of nitrogens with zero attached hydrogens (tertiary/aromatic N) is 1. The second kappa shape index (κ2) is 8.30. The molecule has 1 aliphatic heterocycles. The second-order valence-electron chi connectivity index (χ2n) is 5.84. The van der Waals surface area contributed by atoms with Gasteiger partial charge < -0.3 is 0 Å². The third-order valence-electron chi connectivity index (χ3n) is 5.15. The van der Waals surface area contributed by atoms with Gasteiger partial charge in [0.2, 0.25) is 0 Å². The molecule has 3 heteroatoms. The monoisotopic (exact) mass is 431 g/mol. The van der Waals surface area contributed by atoms with Crippen LogP contribution in [0.25, 0.3) is 0 Å². The lowest BCUT2D eigenvalue weighted by Crippen LogP contribution is -2.44. The molecule has 1 atom stereocenters. The lowest BCUT2D eigenvalue weighted by atomic mass is 9.82. The predicted octanol–water partition coefficient (Wildman–Crippen LogP) is 7.52. The van der Waals surface area contributed by atoms with Crippen molar-refractivity contribution >= 4 is 32.1 Å². The summed E-state index contributed by atoms with van der Waals surface area (Å²) in [6.45, 7) is 13.2. The van der Waals surface area contributed by atoms with Gasteiger partial charge >= 0.3 is 0 Å². The summed E-state index contributed by atoms with van der Waals surface area (Å²) in [5.74, 6) is 0. The third kappa shape index (κ3) is 2.93. The lowest BCUT2D eigenvalue weighted by Gasteiger charge is -2.43. The first-order chi connectivity index (χ1) is 10.5. The zero-order valence-corrected chi connectivity index (χ0v) is 18.1. The van der Waals surface area contributed by atoms with Gasteiger partial charge in [0.1, 0.15) is 0 Å². The summed E-state index contributed by atoms with van der Waals surface area (Å²) in [6.07, 6.45) is 5.80. The topological polar surface area (TPSA) is 3.24 Å². The molecule has 0 aromatic heterocycles. The van der Waals surface area contributed by atoms with E-state index >= 15 is 0 Å². The van der Waals surface area contributed by atoms with E-state index < -0.39 is 0 Å². The number of hydrogen-bond donors (Lipinski definition) is 0. The zero-order valence-electron chi connectivity index (χ0n) is 15.0. The predicted molar refractivity (Wildman–Crippen MR) is 105 cm³/mol. The molecular weight excluding hydrogens is 402 g/mol. The van der Waals surface area contributed by atoms with Gasteiger partial charge in [-0.2, -0.15) is 0 Å². The van der Waals surface area contributed by atoms with Crippen molar-refractivity contribution in [2.45, 2.75) is 84.7 Å². The van der Waals surface area contributed by atoms with Crippen LogP contribution in [0, 0.1) is 0 Å². The molecule has 0 spiro atoms. The van der Waals surface area contributed by atoms with Crippen molar-refractivity contribution in [3.8, 4) is 0 Å². The molecule has 1 aromatic carbocycles. The molecule has 126 valence electrons. The maximum absolute atomic E-state index is 3.99. The van der Waals surface area contributed by atoms with E-state index in [0.717, 1.165) is 19.3 Å². The highest BCUT2D eigenvalue weighted by Gasteiger charge is 2.54. The number of fused-ring (bicyclic) bond motifs is 1. The highest BCUT2D eigenvalue weighted by molar-refractivity contribution is 9.10. The summed E-state index contributed by atoms with van der Waals surface area (Å²) in [6, 6.07) is 6.87. The van der Waals surface area contributed by atoms with Gasteiger partial charge in [-0.05, 0) is 48.9 Å². The Kier molecular flexibility index (Phi) is 7.62. The van der Waals surface area contributed by atoms with Gasteiger partial charge in [-0.3, -0.25) is 0 Å². The molecule has 0 aliphatic carbocycles. The summed E-state index contributed by atoms with van der Waals surface area (Å²) in [5.41, 5.74) is 3.27. The molecule has 0 N–H and O–H groups in total. The Morgan fingerprint density at radius 2 is 1.45 bits per heavy atom. The van der Waals surface area contributed by atoms with Gasteiger partial charge in [0.15, 0.2) is 0 Å². The van der Waals surface area contributed by atoms with Crippen molar-refractivity contribution in [2.75, 3.05) is 0 Å². The molecule has 0 bridgehead atoms. The zero-order chi connectivity index (χ0) is 17.0. The Hall–Kier alpha value is 0.140. The van der Waals surface area contributed by atoms with Crippen LogP contribution >= 0.6 is 32.1 Å². The van der Waals surface area contributed by atoms with E-state index in [0.29, 0.717) is 0 Å². The minimum absolute atomic E-state index is 0.115. The molecule has 0 saturated carbocycles. The minimum Gasteiger partial charge on any atom is -0.221 e. The molecule has 0 saturated heterocycles. The maximum Gasteiger partial charge on any atom is 0.0575 e. The van der Waals surface area contributed by atoms with Crippen LogP contribution in [0.3, 0.4) is 0 Å². The Morgan fingerprint density at radius 1 is 0.909 bits per heavy atom. The average molecular weight is 433 g/mol. The quantitative estimate of drug-likeness (QED) is 0.434. The molecule has 0 amide bonds. The highest BCUT2D eigenvalue weighted by Crippen LogP contribution is 2.58. The summed E-state index contributed by atoms with van der Waals surface area (Å²) in [4.78, 5) is 0. The van der Waals surface area contributed by atoms with Gasteiger partial charge in [0, 0.05) is 20.6 Å². The van der Waals surface area contributed by atoms with Crippen molar-refractivity contribution in [1.29, 1.82) is 0 Å². The standard InChI is InChI=1S/C17H25Br2N.C2H6/c1-5-11-17(8-4)14-10-9-13(18)12-15(14)16(6-2,7-3)20(17)19;1-2/h9-10,12H,5-8,11H2,1-4H3;1-2H3. The van der Waals surface area contributed by atoms with Crippen molar-refractivity contribution in [3.63, 3.8) is 0 Å². The van der Waals surface area contributed by atoms with Crippen LogP contribution in [0.4, 0.5) is 0 Å². The summed E-state index contributed by atoms with van der Waals surface area (Å²) in [5, 5.41) is 0. The third-order valence-corrected chi connectivity index (χ3v) is 7.01.